The van der Waals surface area contributed by atoms with E-state index in [4.69, 9.17) is 5.11 Å². The van der Waals surface area contributed by atoms with Crippen LogP contribution in [0.25, 0.3) is 0 Å². The van der Waals surface area contributed by atoms with E-state index in [0.717, 1.165) is 12.0 Å². The van der Waals surface area contributed by atoms with Crippen LogP contribution in [0.1, 0.15) is 27.2 Å². The fraction of sp³-hybridized carbons (Fsp3) is 0.667. The molecule has 1 nitrogen and oxygen atoms in total. The Morgan fingerprint density at radius 2 is 1.86 bits per heavy atom. The van der Waals surface area contributed by atoms with Gasteiger partial charge < -0.3 is 5.11 Å². The predicted octanol–water partition coefficient (Wildman–Crippen LogP) is 2.25. The molecule has 0 aromatic heterocycles. The van der Waals surface area contributed by atoms with E-state index < -0.39 is 0 Å². The maximum absolute atomic E-state index is 8.70. The minimum absolute atomic E-state index is 0.461. The normalized spacial score (nSPS) is 13.6. The zero-order valence-electron chi connectivity index (χ0n) is 5.15. The van der Waals surface area contributed by atoms with Crippen molar-refractivity contribution in [2.45, 2.75) is 27.2 Å². The van der Waals surface area contributed by atoms with Crippen molar-refractivity contribution >= 4 is 0 Å². The maximum Gasteiger partial charge on any atom is 0.0880 e. The lowest BCUT2D eigenvalue weighted by Gasteiger charge is -1.93. The van der Waals surface area contributed by atoms with E-state index in [1.807, 2.05) is 13.8 Å². The van der Waals surface area contributed by atoms with Crippen LogP contribution >= 0.6 is 0 Å². The van der Waals surface area contributed by atoms with Gasteiger partial charge in [-0.25, -0.2) is 0 Å². The standard InChI is InChI=1S/C6H12O/c1-4-5(2)6(3)7/h7H,4H2,1-3H3/b6-5-. The number of hydrogen-bond donors (Lipinski definition) is 1. The summed E-state index contributed by atoms with van der Waals surface area (Å²) in [6.45, 7) is 5.66. The third-order valence-corrected chi connectivity index (χ3v) is 1.15. The molecule has 0 fully saturated rings. The molecule has 0 aromatic rings. The molecule has 0 spiro atoms. The molecular formula is C6H12O. The van der Waals surface area contributed by atoms with Crippen molar-refractivity contribution in [2.75, 3.05) is 0 Å². The van der Waals surface area contributed by atoms with E-state index in [1.54, 1.807) is 6.92 Å². The van der Waals surface area contributed by atoms with E-state index in [2.05, 4.69) is 0 Å². The Kier molecular flexibility index (Phi) is 2.49. The van der Waals surface area contributed by atoms with Gasteiger partial charge in [0, 0.05) is 0 Å². The van der Waals surface area contributed by atoms with Crippen molar-refractivity contribution < 1.29 is 5.11 Å². The van der Waals surface area contributed by atoms with Gasteiger partial charge in [-0.1, -0.05) is 6.92 Å². The number of rotatable bonds is 1. The monoisotopic (exact) mass is 100 g/mol. The second kappa shape index (κ2) is 2.67. The summed E-state index contributed by atoms with van der Waals surface area (Å²) in [7, 11) is 0. The topological polar surface area (TPSA) is 20.2 Å². The number of allylic oxidation sites excluding steroid dienone is 2. The third-order valence-electron chi connectivity index (χ3n) is 1.15. The Morgan fingerprint density at radius 3 is 1.86 bits per heavy atom. The SMILES string of the molecule is CC/C(C)=C(/C)O. The number of aliphatic hydroxyl groups excluding tert-OH is 1. The highest BCUT2D eigenvalue weighted by Gasteiger charge is 1.85. The van der Waals surface area contributed by atoms with Gasteiger partial charge in [0.15, 0.2) is 0 Å². The van der Waals surface area contributed by atoms with E-state index in [0.29, 0.717) is 5.76 Å². The van der Waals surface area contributed by atoms with Crippen molar-refractivity contribution in [1.29, 1.82) is 0 Å². The van der Waals surface area contributed by atoms with Crippen LogP contribution in [-0.4, -0.2) is 5.11 Å². The molecule has 0 unspecified atom stereocenters. The van der Waals surface area contributed by atoms with Gasteiger partial charge in [0.05, 0.1) is 5.76 Å². The Balaban J connectivity index is 3.72. The summed E-state index contributed by atoms with van der Waals surface area (Å²) < 4.78 is 0. The molecule has 0 radical (unpaired) electrons. The van der Waals surface area contributed by atoms with Gasteiger partial charge in [0.1, 0.15) is 0 Å². The summed E-state index contributed by atoms with van der Waals surface area (Å²) in [5.41, 5.74) is 1.07. The van der Waals surface area contributed by atoms with Crippen LogP contribution in [-0.2, 0) is 0 Å². The molecule has 0 aromatic carbocycles. The van der Waals surface area contributed by atoms with E-state index in [1.165, 1.54) is 0 Å². The van der Waals surface area contributed by atoms with Gasteiger partial charge in [-0.15, -0.1) is 0 Å². The molecule has 0 amide bonds. The Labute approximate surface area is 44.7 Å². The highest BCUT2D eigenvalue weighted by Crippen LogP contribution is 2.01. The maximum atomic E-state index is 8.70. The summed E-state index contributed by atoms with van der Waals surface area (Å²) in [5, 5.41) is 8.70. The second-order valence-corrected chi connectivity index (χ2v) is 1.72. The Hall–Kier alpha value is -0.460. The van der Waals surface area contributed by atoms with Crippen molar-refractivity contribution in [1.82, 2.24) is 0 Å². The quantitative estimate of drug-likeness (QED) is 0.501. The third kappa shape index (κ3) is 2.26. The van der Waals surface area contributed by atoms with Crippen molar-refractivity contribution in [3.8, 4) is 0 Å². The fourth-order valence-corrected chi connectivity index (χ4v) is 0.256. The first-order chi connectivity index (χ1) is 3.18. The molecule has 0 aliphatic carbocycles. The number of hydrogen-bond acceptors (Lipinski definition) is 1. The van der Waals surface area contributed by atoms with Gasteiger partial charge in [-0.05, 0) is 25.8 Å². The predicted molar refractivity (Wildman–Crippen MR) is 31.3 cm³/mol. The smallest absolute Gasteiger partial charge is 0.0880 e. The van der Waals surface area contributed by atoms with Crippen molar-refractivity contribution in [3.05, 3.63) is 11.3 Å². The van der Waals surface area contributed by atoms with Gasteiger partial charge in [-0.2, -0.15) is 0 Å². The van der Waals surface area contributed by atoms with E-state index in [9.17, 15) is 0 Å². The first-order valence-corrected chi connectivity index (χ1v) is 2.53. The summed E-state index contributed by atoms with van der Waals surface area (Å²) in [6, 6.07) is 0. The van der Waals surface area contributed by atoms with Crippen LogP contribution in [0.5, 0.6) is 0 Å². The molecule has 0 saturated heterocycles. The van der Waals surface area contributed by atoms with E-state index >= 15 is 0 Å². The van der Waals surface area contributed by atoms with Crippen LogP contribution < -0.4 is 0 Å². The zero-order chi connectivity index (χ0) is 5.86. The molecule has 7 heavy (non-hydrogen) atoms. The van der Waals surface area contributed by atoms with Crippen LogP contribution in [0, 0.1) is 0 Å². The average Bonchev–Trinajstić information content (AvgIpc) is 1.65. The summed E-state index contributed by atoms with van der Waals surface area (Å²) >= 11 is 0. The average molecular weight is 100 g/mol. The van der Waals surface area contributed by atoms with Crippen LogP contribution in [0.15, 0.2) is 11.3 Å². The largest absolute Gasteiger partial charge is 0.513 e. The lowest BCUT2D eigenvalue weighted by Crippen LogP contribution is -1.77. The molecule has 1 N–H and O–H groups in total. The minimum atomic E-state index is 0.461. The van der Waals surface area contributed by atoms with Crippen molar-refractivity contribution in [2.24, 2.45) is 0 Å². The molecule has 0 rings (SSSR count). The van der Waals surface area contributed by atoms with Gasteiger partial charge in [-0.3, -0.25) is 0 Å². The minimum Gasteiger partial charge on any atom is -0.513 e. The summed E-state index contributed by atoms with van der Waals surface area (Å²) in [6.07, 6.45) is 0.947. The lowest BCUT2D eigenvalue weighted by molar-refractivity contribution is 0.405. The molecule has 42 valence electrons. The first-order valence-electron chi connectivity index (χ1n) is 2.53. The molecular weight excluding hydrogens is 88.1 g/mol. The Morgan fingerprint density at radius 1 is 1.43 bits per heavy atom. The van der Waals surface area contributed by atoms with Crippen LogP contribution in [0.4, 0.5) is 0 Å². The second-order valence-electron chi connectivity index (χ2n) is 1.72. The van der Waals surface area contributed by atoms with Crippen LogP contribution in [0.2, 0.25) is 0 Å². The molecule has 0 aliphatic rings. The molecule has 0 aliphatic heterocycles. The molecule has 0 atom stereocenters. The van der Waals surface area contributed by atoms with Gasteiger partial charge in [0.25, 0.3) is 0 Å². The number of aliphatic hydroxyl groups is 1. The van der Waals surface area contributed by atoms with E-state index in [-0.39, 0.29) is 0 Å². The van der Waals surface area contributed by atoms with Crippen LogP contribution in [0.3, 0.4) is 0 Å². The Bertz CT molecular complexity index is 78.2. The first kappa shape index (κ1) is 6.54. The summed E-state index contributed by atoms with van der Waals surface area (Å²) in [4.78, 5) is 0. The molecule has 1 heteroatoms. The molecule has 0 bridgehead atoms. The molecule has 0 heterocycles. The fourth-order valence-electron chi connectivity index (χ4n) is 0.256. The van der Waals surface area contributed by atoms with Gasteiger partial charge in [0.2, 0.25) is 0 Å². The highest BCUT2D eigenvalue weighted by atomic mass is 16.3. The lowest BCUT2D eigenvalue weighted by atomic mass is 10.2. The highest BCUT2D eigenvalue weighted by molar-refractivity contribution is 4.99. The summed E-state index contributed by atoms with van der Waals surface area (Å²) in [5.74, 6) is 0.461. The molecule has 0 saturated carbocycles. The van der Waals surface area contributed by atoms with Gasteiger partial charge >= 0.3 is 0 Å². The zero-order valence-corrected chi connectivity index (χ0v) is 5.15. The van der Waals surface area contributed by atoms with Crippen molar-refractivity contribution in [3.63, 3.8) is 0 Å².